The van der Waals surface area contributed by atoms with Crippen LogP contribution in [0.25, 0.3) is 10.9 Å². The monoisotopic (exact) mass is 232 g/mol. The van der Waals surface area contributed by atoms with E-state index in [-0.39, 0.29) is 0 Å². The van der Waals surface area contributed by atoms with Gasteiger partial charge in [-0.25, -0.2) is 0 Å². The predicted molar refractivity (Wildman–Crippen MR) is 71.7 cm³/mol. The lowest BCUT2D eigenvalue weighted by molar-refractivity contribution is 0.417. The molecule has 0 aliphatic heterocycles. The van der Waals surface area contributed by atoms with Gasteiger partial charge < -0.3 is 15.0 Å². The van der Waals surface area contributed by atoms with Crippen LogP contribution in [0.4, 0.5) is 0 Å². The van der Waals surface area contributed by atoms with E-state index in [1.807, 2.05) is 0 Å². The Kier molecular flexibility index (Phi) is 3.38. The summed E-state index contributed by atoms with van der Waals surface area (Å²) in [6.07, 6.45) is 3.11. The summed E-state index contributed by atoms with van der Waals surface area (Å²) >= 11 is 0. The van der Waals surface area contributed by atoms with E-state index in [0.717, 1.165) is 18.7 Å². The van der Waals surface area contributed by atoms with Gasteiger partial charge in [0.15, 0.2) is 0 Å². The Balaban J connectivity index is 2.74. The zero-order valence-electron chi connectivity index (χ0n) is 10.8. The number of aryl methyl sites for hydroxylation is 2. The Morgan fingerprint density at radius 3 is 2.71 bits per heavy atom. The molecule has 0 unspecified atom stereocenters. The van der Waals surface area contributed by atoms with Gasteiger partial charge in [0.25, 0.3) is 0 Å². The average molecular weight is 232 g/mol. The predicted octanol–water partition coefficient (Wildman–Crippen LogP) is 2.48. The molecule has 2 aromatic rings. The molecule has 3 nitrogen and oxygen atoms in total. The number of hydrogen-bond donors (Lipinski definition) is 1. The van der Waals surface area contributed by atoms with E-state index in [1.165, 1.54) is 22.0 Å². The van der Waals surface area contributed by atoms with Crippen LogP contribution in [0.5, 0.6) is 5.75 Å². The van der Waals surface area contributed by atoms with Gasteiger partial charge in [-0.15, -0.1) is 0 Å². The summed E-state index contributed by atoms with van der Waals surface area (Å²) in [6.45, 7) is 5.86. The molecule has 0 saturated heterocycles. The number of rotatable bonds is 4. The summed E-state index contributed by atoms with van der Waals surface area (Å²) in [6, 6.07) is 4.30. The first-order valence-electron chi connectivity index (χ1n) is 6.07. The van der Waals surface area contributed by atoms with E-state index >= 15 is 0 Å². The number of aromatic nitrogens is 1. The van der Waals surface area contributed by atoms with Crippen LogP contribution < -0.4 is 10.5 Å². The average Bonchev–Trinajstić information content (AvgIpc) is 2.67. The Labute approximate surface area is 102 Å². The van der Waals surface area contributed by atoms with Crippen molar-refractivity contribution >= 4 is 10.9 Å². The molecule has 0 radical (unpaired) electrons. The molecular formula is C14H20N2O. The second-order valence-corrected chi connectivity index (χ2v) is 4.34. The number of benzene rings is 1. The SMILES string of the molecule is CCn1cc(CCN)c2cc(C)cc(OC)c21. The lowest BCUT2D eigenvalue weighted by Gasteiger charge is -2.08. The quantitative estimate of drug-likeness (QED) is 0.879. The second-order valence-electron chi connectivity index (χ2n) is 4.34. The van der Waals surface area contributed by atoms with E-state index in [1.54, 1.807) is 7.11 Å². The van der Waals surface area contributed by atoms with E-state index in [0.29, 0.717) is 6.54 Å². The number of nitrogens with two attached hydrogens (primary N) is 1. The molecule has 2 N–H and O–H groups in total. The smallest absolute Gasteiger partial charge is 0.143 e. The second kappa shape index (κ2) is 4.80. The molecule has 2 rings (SSSR count). The van der Waals surface area contributed by atoms with Gasteiger partial charge in [0, 0.05) is 18.1 Å². The lowest BCUT2D eigenvalue weighted by Crippen LogP contribution is -2.02. The first-order valence-corrected chi connectivity index (χ1v) is 6.07. The van der Waals surface area contributed by atoms with Crippen molar-refractivity contribution in [3.05, 3.63) is 29.5 Å². The number of nitrogens with zero attached hydrogens (tertiary/aromatic N) is 1. The van der Waals surface area contributed by atoms with Gasteiger partial charge in [-0.2, -0.15) is 0 Å². The van der Waals surface area contributed by atoms with E-state index in [4.69, 9.17) is 10.5 Å². The molecule has 0 fully saturated rings. The van der Waals surface area contributed by atoms with Crippen LogP contribution in [0.2, 0.25) is 0 Å². The third kappa shape index (κ3) is 2.03. The van der Waals surface area contributed by atoms with Gasteiger partial charge in [-0.1, -0.05) is 0 Å². The summed E-state index contributed by atoms with van der Waals surface area (Å²) in [5, 5.41) is 1.27. The molecule has 1 aromatic heterocycles. The molecule has 17 heavy (non-hydrogen) atoms. The van der Waals surface area contributed by atoms with Crippen molar-refractivity contribution in [1.29, 1.82) is 0 Å². The minimum Gasteiger partial charge on any atom is -0.495 e. The van der Waals surface area contributed by atoms with Gasteiger partial charge >= 0.3 is 0 Å². The first kappa shape index (κ1) is 12.0. The van der Waals surface area contributed by atoms with Gasteiger partial charge in [0.1, 0.15) is 5.75 Å². The molecule has 1 aromatic carbocycles. The summed E-state index contributed by atoms with van der Waals surface area (Å²) in [7, 11) is 1.73. The maximum absolute atomic E-state index is 5.67. The van der Waals surface area contributed by atoms with Gasteiger partial charge in [-0.05, 0) is 50.1 Å². The molecule has 92 valence electrons. The Hall–Kier alpha value is -1.48. The van der Waals surface area contributed by atoms with Crippen LogP contribution in [0.15, 0.2) is 18.3 Å². The maximum atomic E-state index is 5.67. The summed E-state index contributed by atoms with van der Waals surface area (Å²) < 4.78 is 7.72. The first-order chi connectivity index (χ1) is 8.21. The van der Waals surface area contributed by atoms with Crippen LogP contribution in [-0.4, -0.2) is 18.2 Å². The van der Waals surface area contributed by atoms with Gasteiger partial charge in [0.05, 0.1) is 12.6 Å². The third-order valence-electron chi connectivity index (χ3n) is 3.14. The van der Waals surface area contributed by atoms with Crippen molar-refractivity contribution in [3.8, 4) is 5.75 Å². The third-order valence-corrected chi connectivity index (χ3v) is 3.14. The Bertz CT molecular complexity index is 528. The highest BCUT2D eigenvalue weighted by molar-refractivity contribution is 5.90. The molecule has 0 aliphatic rings. The highest BCUT2D eigenvalue weighted by Gasteiger charge is 2.12. The number of methoxy groups -OCH3 is 1. The van der Waals surface area contributed by atoms with Crippen molar-refractivity contribution in [2.45, 2.75) is 26.8 Å². The topological polar surface area (TPSA) is 40.2 Å². The molecule has 0 bridgehead atoms. The van der Waals surface area contributed by atoms with Crippen molar-refractivity contribution in [3.63, 3.8) is 0 Å². The summed E-state index contributed by atoms with van der Waals surface area (Å²) in [5.74, 6) is 0.949. The molecular weight excluding hydrogens is 212 g/mol. The normalized spacial score (nSPS) is 11.1. The molecule has 0 atom stereocenters. The van der Waals surface area contributed by atoms with Crippen LogP contribution >= 0.6 is 0 Å². The lowest BCUT2D eigenvalue weighted by atomic mass is 10.1. The molecule has 0 aliphatic carbocycles. The zero-order chi connectivity index (χ0) is 12.4. The Morgan fingerprint density at radius 1 is 1.35 bits per heavy atom. The summed E-state index contributed by atoms with van der Waals surface area (Å²) in [4.78, 5) is 0. The maximum Gasteiger partial charge on any atom is 0.143 e. The minimum absolute atomic E-state index is 0.680. The van der Waals surface area contributed by atoms with Crippen LogP contribution in [0, 0.1) is 6.92 Å². The standard InChI is InChI=1S/C14H20N2O/c1-4-16-9-11(5-6-15)12-7-10(2)8-13(17-3)14(12)16/h7-9H,4-6,15H2,1-3H3. The number of fused-ring (bicyclic) bond motifs is 1. The van der Waals surface area contributed by atoms with Gasteiger partial charge in [0.2, 0.25) is 0 Å². The van der Waals surface area contributed by atoms with E-state index < -0.39 is 0 Å². The highest BCUT2D eigenvalue weighted by Crippen LogP contribution is 2.31. The van der Waals surface area contributed by atoms with Crippen molar-refractivity contribution in [1.82, 2.24) is 4.57 Å². The fourth-order valence-electron chi connectivity index (χ4n) is 2.37. The van der Waals surface area contributed by atoms with Gasteiger partial charge in [-0.3, -0.25) is 0 Å². The van der Waals surface area contributed by atoms with Crippen LogP contribution in [-0.2, 0) is 13.0 Å². The van der Waals surface area contributed by atoms with E-state index in [2.05, 4.69) is 36.7 Å². The van der Waals surface area contributed by atoms with Crippen molar-refractivity contribution < 1.29 is 4.74 Å². The summed E-state index contributed by atoms with van der Waals surface area (Å²) in [5.41, 5.74) is 9.39. The van der Waals surface area contributed by atoms with Crippen LogP contribution in [0.3, 0.4) is 0 Å². The minimum atomic E-state index is 0.680. The Morgan fingerprint density at radius 2 is 2.12 bits per heavy atom. The number of ether oxygens (including phenoxy) is 1. The largest absolute Gasteiger partial charge is 0.495 e. The molecule has 0 amide bonds. The van der Waals surface area contributed by atoms with E-state index in [9.17, 15) is 0 Å². The van der Waals surface area contributed by atoms with Crippen LogP contribution in [0.1, 0.15) is 18.1 Å². The highest BCUT2D eigenvalue weighted by atomic mass is 16.5. The fourth-order valence-corrected chi connectivity index (χ4v) is 2.37. The molecule has 0 spiro atoms. The molecule has 3 heteroatoms. The zero-order valence-corrected chi connectivity index (χ0v) is 10.8. The van der Waals surface area contributed by atoms with Crippen molar-refractivity contribution in [2.24, 2.45) is 5.73 Å². The van der Waals surface area contributed by atoms with Crippen molar-refractivity contribution in [2.75, 3.05) is 13.7 Å². The molecule has 1 heterocycles. The fraction of sp³-hybridized carbons (Fsp3) is 0.429. The number of hydrogen-bond acceptors (Lipinski definition) is 2. The molecule has 0 saturated carbocycles.